The second kappa shape index (κ2) is 8.50. The van der Waals surface area contributed by atoms with Crippen molar-refractivity contribution in [2.45, 2.75) is 6.42 Å². The second-order valence-electron chi connectivity index (χ2n) is 3.72. The maximum atomic E-state index is 7.00. The van der Waals surface area contributed by atoms with Crippen molar-refractivity contribution in [2.75, 3.05) is 0 Å². The van der Waals surface area contributed by atoms with Gasteiger partial charge in [0.25, 0.3) is 0 Å². The standard InChI is InChI=1S/C13H10.2BH2O2/c1-3-7-12-10(5-1)9-11-6-2-4-8-13(11)12;2*2-1-3/h1-8H,9H2;2*2-3H. The van der Waals surface area contributed by atoms with Crippen molar-refractivity contribution >= 4 is 15.4 Å². The van der Waals surface area contributed by atoms with Crippen LogP contribution < -0.4 is 0 Å². The minimum atomic E-state index is 0. The maximum Gasteiger partial charge on any atom is 0.482 e. The van der Waals surface area contributed by atoms with Crippen molar-refractivity contribution in [3.05, 3.63) is 59.7 Å². The topological polar surface area (TPSA) is 80.9 Å². The van der Waals surface area contributed by atoms with Crippen LogP contribution in [0, 0.1) is 0 Å². The molecule has 4 nitrogen and oxygen atoms in total. The Labute approximate surface area is 113 Å². The number of fused-ring (bicyclic) bond motifs is 3. The molecular weight excluding hydrogens is 242 g/mol. The molecule has 0 saturated carbocycles. The molecule has 0 amide bonds. The van der Waals surface area contributed by atoms with Gasteiger partial charge in [-0.1, -0.05) is 48.5 Å². The smallest absolute Gasteiger partial charge is 0.429 e. The molecule has 1 aliphatic carbocycles. The zero-order chi connectivity index (χ0) is 14.1. The first-order valence-electron chi connectivity index (χ1n) is 5.64. The van der Waals surface area contributed by atoms with Gasteiger partial charge in [-0.05, 0) is 28.7 Å². The molecule has 2 radical (unpaired) electrons. The van der Waals surface area contributed by atoms with E-state index < -0.39 is 0 Å². The summed E-state index contributed by atoms with van der Waals surface area (Å²) in [6, 6.07) is 17.3. The van der Waals surface area contributed by atoms with Crippen molar-refractivity contribution < 1.29 is 20.1 Å². The molecule has 0 atom stereocenters. The quantitative estimate of drug-likeness (QED) is 0.435. The maximum absolute atomic E-state index is 7.00. The lowest BCUT2D eigenvalue weighted by Gasteiger charge is -1.98. The van der Waals surface area contributed by atoms with E-state index in [0.29, 0.717) is 0 Å². The number of rotatable bonds is 0. The highest BCUT2D eigenvalue weighted by atomic mass is 16.4. The molecule has 0 heterocycles. The molecule has 0 aliphatic heterocycles. The lowest BCUT2D eigenvalue weighted by molar-refractivity contribution is 0.447. The summed E-state index contributed by atoms with van der Waals surface area (Å²) in [6.45, 7) is 0. The van der Waals surface area contributed by atoms with E-state index in [1.54, 1.807) is 0 Å². The van der Waals surface area contributed by atoms with Crippen molar-refractivity contribution in [2.24, 2.45) is 0 Å². The predicted octanol–water partition coefficient (Wildman–Crippen LogP) is 0.268. The molecule has 0 spiro atoms. The summed E-state index contributed by atoms with van der Waals surface area (Å²) in [6.07, 6.45) is 1.10. The van der Waals surface area contributed by atoms with Crippen LogP contribution in [-0.2, 0) is 6.42 Å². The van der Waals surface area contributed by atoms with E-state index in [4.69, 9.17) is 20.1 Å². The van der Waals surface area contributed by atoms with Crippen LogP contribution in [-0.4, -0.2) is 35.5 Å². The summed E-state index contributed by atoms with van der Waals surface area (Å²) in [7, 11) is 0. The van der Waals surface area contributed by atoms with Gasteiger partial charge in [-0.2, -0.15) is 0 Å². The third-order valence-corrected chi connectivity index (χ3v) is 2.71. The fraction of sp³-hybridized carbons (Fsp3) is 0.0769. The number of hydrogen-bond donors (Lipinski definition) is 4. The van der Waals surface area contributed by atoms with Gasteiger partial charge in [0.1, 0.15) is 0 Å². The highest BCUT2D eigenvalue weighted by molar-refractivity contribution is 6.13. The molecular formula is C13H14B2O4. The highest BCUT2D eigenvalue weighted by Crippen LogP contribution is 2.35. The van der Waals surface area contributed by atoms with Gasteiger partial charge in [0, 0.05) is 0 Å². The Kier molecular flexibility index (Phi) is 6.92. The van der Waals surface area contributed by atoms with Gasteiger partial charge in [-0.25, -0.2) is 0 Å². The average Bonchev–Trinajstić information content (AvgIpc) is 2.79. The molecule has 4 N–H and O–H groups in total. The fourth-order valence-corrected chi connectivity index (χ4v) is 2.08. The molecule has 0 bridgehead atoms. The second-order valence-corrected chi connectivity index (χ2v) is 3.72. The van der Waals surface area contributed by atoms with Crippen LogP contribution >= 0.6 is 0 Å². The van der Waals surface area contributed by atoms with Crippen molar-refractivity contribution in [1.82, 2.24) is 0 Å². The summed E-state index contributed by atoms with van der Waals surface area (Å²) < 4.78 is 0. The zero-order valence-corrected chi connectivity index (χ0v) is 10.3. The molecule has 0 fully saturated rings. The van der Waals surface area contributed by atoms with E-state index in [1.807, 2.05) is 0 Å². The van der Waals surface area contributed by atoms with Crippen molar-refractivity contribution in [1.29, 1.82) is 0 Å². The Morgan fingerprint density at radius 3 is 1.32 bits per heavy atom. The SMILES string of the molecule is O[B]O.O[B]O.c1ccc2c(c1)Cc1ccccc1-2. The van der Waals surface area contributed by atoms with Crippen LogP contribution in [0.3, 0.4) is 0 Å². The van der Waals surface area contributed by atoms with Crippen LogP contribution in [0.4, 0.5) is 0 Å². The molecule has 0 aromatic heterocycles. The first kappa shape index (κ1) is 15.5. The minimum Gasteiger partial charge on any atom is -0.429 e. The Hall–Kier alpha value is -1.59. The highest BCUT2D eigenvalue weighted by Gasteiger charge is 2.15. The van der Waals surface area contributed by atoms with Crippen LogP contribution in [0.2, 0.25) is 0 Å². The Morgan fingerprint density at radius 2 is 0.947 bits per heavy atom. The zero-order valence-electron chi connectivity index (χ0n) is 10.3. The van der Waals surface area contributed by atoms with Gasteiger partial charge in [-0.3, -0.25) is 0 Å². The van der Waals surface area contributed by atoms with Crippen LogP contribution in [0.5, 0.6) is 0 Å². The molecule has 2 aromatic rings. The van der Waals surface area contributed by atoms with Gasteiger partial charge in [0.05, 0.1) is 0 Å². The molecule has 2 aromatic carbocycles. The van der Waals surface area contributed by atoms with E-state index in [-0.39, 0.29) is 15.4 Å². The van der Waals surface area contributed by atoms with E-state index >= 15 is 0 Å². The first-order valence-corrected chi connectivity index (χ1v) is 5.64. The predicted molar refractivity (Wildman–Crippen MR) is 75.1 cm³/mol. The van der Waals surface area contributed by atoms with Crippen LogP contribution in [0.1, 0.15) is 11.1 Å². The van der Waals surface area contributed by atoms with Gasteiger partial charge in [0.15, 0.2) is 0 Å². The molecule has 1 aliphatic rings. The lowest BCUT2D eigenvalue weighted by atomic mass is 10.1. The lowest BCUT2D eigenvalue weighted by Crippen LogP contribution is -1.77. The van der Waals surface area contributed by atoms with E-state index in [9.17, 15) is 0 Å². The molecule has 0 unspecified atom stereocenters. The van der Waals surface area contributed by atoms with E-state index in [1.165, 1.54) is 22.3 Å². The van der Waals surface area contributed by atoms with Gasteiger partial charge >= 0.3 is 15.4 Å². The molecule has 0 saturated heterocycles. The van der Waals surface area contributed by atoms with E-state index in [2.05, 4.69) is 48.5 Å². The number of hydrogen-bond acceptors (Lipinski definition) is 4. The third-order valence-electron chi connectivity index (χ3n) is 2.71. The van der Waals surface area contributed by atoms with Gasteiger partial charge < -0.3 is 20.1 Å². The van der Waals surface area contributed by atoms with Crippen molar-refractivity contribution in [3.8, 4) is 11.1 Å². The summed E-state index contributed by atoms with van der Waals surface area (Å²) in [5.74, 6) is 0. The van der Waals surface area contributed by atoms with Crippen LogP contribution in [0.15, 0.2) is 48.5 Å². The van der Waals surface area contributed by atoms with Crippen LogP contribution in [0.25, 0.3) is 11.1 Å². The molecule has 96 valence electrons. The largest absolute Gasteiger partial charge is 0.482 e. The normalized spacial score (nSPS) is 9.89. The molecule has 3 rings (SSSR count). The van der Waals surface area contributed by atoms with Gasteiger partial charge in [-0.15, -0.1) is 0 Å². The average molecular weight is 256 g/mol. The fourth-order valence-electron chi connectivity index (χ4n) is 2.08. The molecule has 19 heavy (non-hydrogen) atoms. The van der Waals surface area contributed by atoms with Crippen molar-refractivity contribution in [3.63, 3.8) is 0 Å². The summed E-state index contributed by atoms with van der Waals surface area (Å²) in [5.41, 5.74) is 5.75. The Bertz CT molecular complexity index is 460. The number of benzene rings is 2. The van der Waals surface area contributed by atoms with Gasteiger partial charge in [0.2, 0.25) is 0 Å². The third kappa shape index (κ3) is 4.22. The summed E-state index contributed by atoms with van der Waals surface area (Å²) >= 11 is 0. The van der Waals surface area contributed by atoms with E-state index in [0.717, 1.165) is 6.42 Å². The Balaban J connectivity index is 0.000000261. The minimum absolute atomic E-state index is 0. The Morgan fingerprint density at radius 1 is 0.632 bits per heavy atom. The summed E-state index contributed by atoms with van der Waals surface area (Å²) in [5, 5.41) is 28.0. The monoisotopic (exact) mass is 256 g/mol. The molecule has 6 heteroatoms. The summed E-state index contributed by atoms with van der Waals surface area (Å²) in [4.78, 5) is 0. The first-order chi connectivity index (χ1) is 9.28.